The van der Waals surface area contributed by atoms with E-state index in [1.54, 1.807) is 6.07 Å². The van der Waals surface area contributed by atoms with Crippen molar-refractivity contribution in [3.05, 3.63) is 23.5 Å². The lowest BCUT2D eigenvalue weighted by atomic mass is 10.1. The molecule has 1 rings (SSSR count). The van der Waals surface area contributed by atoms with Gasteiger partial charge >= 0.3 is 0 Å². The molecule has 0 aliphatic heterocycles. The number of carbonyl (C=O) groups excluding carboxylic acids is 1. The van der Waals surface area contributed by atoms with Crippen LogP contribution in [0, 0.1) is 5.82 Å². The van der Waals surface area contributed by atoms with E-state index in [1.807, 2.05) is 0 Å². The van der Waals surface area contributed by atoms with E-state index in [0.29, 0.717) is 11.8 Å². The molecule has 70 valence electrons. The van der Waals surface area contributed by atoms with Crippen LogP contribution < -0.4 is 10.5 Å². The van der Waals surface area contributed by atoms with Crippen molar-refractivity contribution in [3.8, 4) is 5.75 Å². The second kappa shape index (κ2) is 3.89. The first kappa shape index (κ1) is 9.51. The molecule has 3 nitrogen and oxygen atoms in total. The molecule has 0 aliphatic carbocycles. The molecule has 0 saturated heterocycles. The fourth-order valence-corrected chi connectivity index (χ4v) is 1.04. The number of hydrogen-bond acceptors (Lipinski definition) is 3. The Morgan fingerprint density at radius 2 is 2.31 bits per heavy atom. The zero-order chi connectivity index (χ0) is 9.84. The monoisotopic (exact) mass is 183 g/mol. The summed E-state index contributed by atoms with van der Waals surface area (Å²) in [6, 6.07) is 3.02. The quantitative estimate of drug-likeness (QED) is 0.565. The number of nitrogen functional groups attached to an aromatic ring is 1. The molecule has 0 heterocycles. The Balaban J connectivity index is 3.14. The lowest BCUT2D eigenvalue weighted by Crippen LogP contribution is -2.00. The number of rotatable bonds is 3. The molecule has 0 aromatic heterocycles. The SMILES string of the molecule is COc1ccc(CC=O)c(N)c1F. The van der Waals surface area contributed by atoms with Crippen molar-refractivity contribution in [2.24, 2.45) is 0 Å². The number of halogens is 1. The molecule has 0 radical (unpaired) electrons. The van der Waals surface area contributed by atoms with Crippen molar-refractivity contribution in [3.63, 3.8) is 0 Å². The minimum Gasteiger partial charge on any atom is -0.494 e. The van der Waals surface area contributed by atoms with Crippen LogP contribution in [0.4, 0.5) is 10.1 Å². The maximum Gasteiger partial charge on any atom is 0.188 e. The van der Waals surface area contributed by atoms with Crippen molar-refractivity contribution in [2.45, 2.75) is 6.42 Å². The average Bonchev–Trinajstić information content (AvgIpc) is 2.14. The third-order valence-electron chi connectivity index (χ3n) is 1.76. The Labute approximate surface area is 75.3 Å². The van der Waals surface area contributed by atoms with Gasteiger partial charge in [-0.25, -0.2) is 4.39 Å². The van der Waals surface area contributed by atoms with Gasteiger partial charge in [-0.1, -0.05) is 6.07 Å². The number of carbonyl (C=O) groups is 1. The minimum absolute atomic E-state index is 0.0218. The van der Waals surface area contributed by atoms with Gasteiger partial charge in [-0.2, -0.15) is 0 Å². The molecule has 1 aromatic carbocycles. The van der Waals surface area contributed by atoms with E-state index in [0.717, 1.165) is 0 Å². The van der Waals surface area contributed by atoms with Gasteiger partial charge in [-0.05, 0) is 11.6 Å². The number of nitrogens with two attached hydrogens (primary N) is 1. The summed E-state index contributed by atoms with van der Waals surface area (Å²) in [5.41, 5.74) is 5.89. The van der Waals surface area contributed by atoms with E-state index >= 15 is 0 Å². The van der Waals surface area contributed by atoms with Gasteiger partial charge in [0, 0.05) is 6.42 Å². The van der Waals surface area contributed by atoms with Gasteiger partial charge in [0.05, 0.1) is 12.8 Å². The topological polar surface area (TPSA) is 52.3 Å². The van der Waals surface area contributed by atoms with Gasteiger partial charge in [-0.3, -0.25) is 0 Å². The minimum atomic E-state index is -0.609. The highest BCUT2D eigenvalue weighted by atomic mass is 19.1. The average molecular weight is 183 g/mol. The molecule has 4 heteroatoms. The summed E-state index contributed by atoms with van der Waals surface area (Å²) in [5, 5.41) is 0. The van der Waals surface area contributed by atoms with Gasteiger partial charge in [-0.15, -0.1) is 0 Å². The second-order valence-electron chi connectivity index (χ2n) is 2.53. The van der Waals surface area contributed by atoms with Crippen LogP contribution in [0.2, 0.25) is 0 Å². The van der Waals surface area contributed by atoms with E-state index < -0.39 is 5.82 Å². The summed E-state index contributed by atoms with van der Waals surface area (Å²) in [6.45, 7) is 0. The zero-order valence-corrected chi connectivity index (χ0v) is 7.21. The third-order valence-corrected chi connectivity index (χ3v) is 1.76. The normalized spacial score (nSPS) is 9.69. The Morgan fingerprint density at radius 3 is 2.85 bits per heavy atom. The van der Waals surface area contributed by atoms with Crippen LogP contribution in [-0.2, 0) is 11.2 Å². The van der Waals surface area contributed by atoms with Crippen LogP contribution >= 0.6 is 0 Å². The van der Waals surface area contributed by atoms with Crippen LogP contribution in [0.25, 0.3) is 0 Å². The predicted molar refractivity (Wildman–Crippen MR) is 47.1 cm³/mol. The first-order chi connectivity index (χ1) is 6.20. The van der Waals surface area contributed by atoms with Crippen LogP contribution in [0.3, 0.4) is 0 Å². The maximum atomic E-state index is 13.2. The smallest absolute Gasteiger partial charge is 0.188 e. The van der Waals surface area contributed by atoms with Gasteiger partial charge in [0.2, 0.25) is 0 Å². The van der Waals surface area contributed by atoms with E-state index in [4.69, 9.17) is 10.5 Å². The standard InChI is InChI=1S/C9H10FNO2/c1-13-7-3-2-6(4-5-12)9(11)8(7)10/h2-3,5H,4,11H2,1H3. The lowest BCUT2D eigenvalue weighted by molar-refractivity contribution is -0.107. The van der Waals surface area contributed by atoms with Crippen molar-refractivity contribution < 1.29 is 13.9 Å². The van der Waals surface area contributed by atoms with Gasteiger partial charge in [0.1, 0.15) is 6.29 Å². The summed E-state index contributed by atoms with van der Waals surface area (Å²) in [7, 11) is 1.36. The number of anilines is 1. The summed E-state index contributed by atoms with van der Waals surface area (Å²) in [6.07, 6.45) is 0.796. The van der Waals surface area contributed by atoms with Crippen molar-refractivity contribution >= 4 is 12.0 Å². The molecule has 1 aromatic rings. The zero-order valence-electron chi connectivity index (χ0n) is 7.21. The van der Waals surface area contributed by atoms with Gasteiger partial charge in [0.15, 0.2) is 11.6 Å². The fraction of sp³-hybridized carbons (Fsp3) is 0.222. The molecule has 0 atom stereocenters. The molecule has 0 amide bonds. The highest BCUT2D eigenvalue weighted by Gasteiger charge is 2.09. The lowest BCUT2D eigenvalue weighted by Gasteiger charge is -2.07. The molecule has 0 fully saturated rings. The van der Waals surface area contributed by atoms with Crippen LogP contribution in [-0.4, -0.2) is 13.4 Å². The number of ether oxygens (including phenoxy) is 1. The molecule has 0 unspecified atom stereocenters. The molecule has 0 spiro atoms. The second-order valence-corrected chi connectivity index (χ2v) is 2.53. The molecule has 0 bridgehead atoms. The molecule has 0 aliphatic rings. The fourth-order valence-electron chi connectivity index (χ4n) is 1.04. The Bertz CT molecular complexity index is 326. The summed E-state index contributed by atoms with van der Waals surface area (Å²) >= 11 is 0. The highest BCUT2D eigenvalue weighted by Crippen LogP contribution is 2.25. The van der Waals surface area contributed by atoms with Crippen LogP contribution in [0.5, 0.6) is 5.75 Å². The molecule has 13 heavy (non-hydrogen) atoms. The highest BCUT2D eigenvalue weighted by molar-refractivity contribution is 5.63. The molecule has 2 N–H and O–H groups in total. The number of methoxy groups -OCH3 is 1. The van der Waals surface area contributed by atoms with Crippen molar-refractivity contribution in [2.75, 3.05) is 12.8 Å². The van der Waals surface area contributed by atoms with Crippen LogP contribution in [0.1, 0.15) is 5.56 Å². The van der Waals surface area contributed by atoms with E-state index in [2.05, 4.69) is 0 Å². The summed E-state index contributed by atoms with van der Waals surface area (Å²) in [5.74, 6) is -0.519. The summed E-state index contributed by atoms with van der Waals surface area (Å²) in [4.78, 5) is 10.2. The first-order valence-electron chi connectivity index (χ1n) is 3.75. The Morgan fingerprint density at radius 1 is 1.62 bits per heavy atom. The van der Waals surface area contributed by atoms with Crippen molar-refractivity contribution in [1.82, 2.24) is 0 Å². The van der Waals surface area contributed by atoms with E-state index in [-0.39, 0.29) is 17.9 Å². The van der Waals surface area contributed by atoms with Crippen molar-refractivity contribution in [1.29, 1.82) is 0 Å². The van der Waals surface area contributed by atoms with E-state index in [9.17, 15) is 9.18 Å². The maximum absolute atomic E-state index is 13.2. The predicted octanol–water partition coefficient (Wildman–Crippen LogP) is 1.16. The number of hydrogen-bond donors (Lipinski definition) is 1. The first-order valence-corrected chi connectivity index (χ1v) is 3.75. The molecular weight excluding hydrogens is 173 g/mol. The number of aldehydes is 1. The summed E-state index contributed by atoms with van der Waals surface area (Å²) < 4.78 is 17.9. The molecule has 0 saturated carbocycles. The number of benzene rings is 1. The van der Waals surface area contributed by atoms with Gasteiger partial charge in [0.25, 0.3) is 0 Å². The largest absolute Gasteiger partial charge is 0.494 e. The van der Waals surface area contributed by atoms with Gasteiger partial charge < -0.3 is 15.3 Å². The Hall–Kier alpha value is -1.58. The third kappa shape index (κ3) is 1.77. The van der Waals surface area contributed by atoms with Crippen LogP contribution in [0.15, 0.2) is 12.1 Å². The Kier molecular flexibility index (Phi) is 2.84. The van der Waals surface area contributed by atoms with E-state index in [1.165, 1.54) is 13.2 Å². The molecular formula is C9H10FNO2.